The average Bonchev–Trinajstić information content (AvgIpc) is 2.56. The normalized spacial score (nSPS) is 16.5. The van der Waals surface area contributed by atoms with E-state index in [1.54, 1.807) is 12.1 Å². The molecule has 1 atom stereocenters. The molecule has 1 aromatic rings. The number of hydrogen-bond acceptors (Lipinski definition) is 3. The maximum atomic E-state index is 13.5. The molecule has 1 aliphatic heterocycles. The Balaban J connectivity index is 0.000000412. The van der Waals surface area contributed by atoms with Gasteiger partial charge in [-0.25, -0.2) is 4.39 Å². The van der Waals surface area contributed by atoms with E-state index < -0.39 is 11.9 Å². The fourth-order valence-corrected chi connectivity index (χ4v) is 2.53. The van der Waals surface area contributed by atoms with Crippen molar-refractivity contribution in [2.45, 2.75) is 33.3 Å². The third-order valence-electron chi connectivity index (χ3n) is 3.75. The van der Waals surface area contributed by atoms with Crippen molar-refractivity contribution in [2.24, 2.45) is 5.41 Å². The Kier molecular flexibility index (Phi) is 9.31. The van der Waals surface area contributed by atoms with Crippen LogP contribution in [0.25, 0.3) is 0 Å². The van der Waals surface area contributed by atoms with Gasteiger partial charge in [-0.15, -0.1) is 0 Å². The van der Waals surface area contributed by atoms with Crippen LogP contribution in [0.2, 0.25) is 5.02 Å². The molecule has 1 fully saturated rings. The third kappa shape index (κ3) is 7.54. The first-order chi connectivity index (χ1) is 12.3. The summed E-state index contributed by atoms with van der Waals surface area (Å²) >= 11 is 5.66. The Morgan fingerprint density at radius 2 is 2.12 bits per heavy atom. The summed E-state index contributed by atoms with van der Waals surface area (Å²) in [5.74, 6) is -0.893. The number of carbonyl (C=O) groups excluding carboxylic acids is 1. The van der Waals surface area contributed by atoms with Crippen molar-refractivity contribution in [2.75, 3.05) is 13.2 Å². The van der Waals surface area contributed by atoms with Gasteiger partial charge in [0.05, 0.1) is 18.2 Å². The van der Waals surface area contributed by atoms with Crippen molar-refractivity contribution in [3.63, 3.8) is 0 Å². The smallest absolute Gasteiger partial charge is 0.303 e. The molecule has 1 aliphatic rings. The van der Waals surface area contributed by atoms with E-state index in [-0.39, 0.29) is 16.4 Å². The Bertz CT molecular complexity index is 663. The highest BCUT2D eigenvalue weighted by Crippen LogP contribution is 2.38. The minimum absolute atomic E-state index is 0.0315. The van der Waals surface area contributed by atoms with E-state index in [1.807, 2.05) is 31.2 Å². The van der Waals surface area contributed by atoms with Crippen LogP contribution in [0.3, 0.4) is 0 Å². The minimum atomic E-state index is -0.508. The molecular weight excluding hydrogens is 355 g/mol. The van der Waals surface area contributed by atoms with Gasteiger partial charge in [0.1, 0.15) is 11.9 Å². The highest BCUT2D eigenvalue weighted by molar-refractivity contribution is 6.30. The second-order valence-corrected chi connectivity index (χ2v) is 6.83. The Morgan fingerprint density at radius 3 is 2.58 bits per heavy atom. The number of ether oxygens (including phenoxy) is 2. The molecule has 0 N–H and O–H groups in total. The molecule has 1 unspecified atom stereocenters. The van der Waals surface area contributed by atoms with Gasteiger partial charge in [-0.1, -0.05) is 61.6 Å². The van der Waals surface area contributed by atoms with Crippen LogP contribution in [0.15, 0.2) is 55.2 Å². The molecule has 1 heterocycles. The second-order valence-electron chi connectivity index (χ2n) is 6.43. The van der Waals surface area contributed by atoms with Gasteiger partial charge < -0.3 is 9.47 Å². The van der Waals surface area contributed by atoms with Crippen LogP contribution in [0.5, 0.6) is 0 Å². The summed E-state index contributed by atoms with van der Waals surface area (Å²) < 4.78 is 24.0. The van der Waals surface area contributed by atoms with Gasteiger partial charge in [-0.2, -0.15) is 0 Å². The first kappa shape index (κ1) is 22.1. The largest absolute Gasteiger partial charge is 0.458 e. The fraction of sp³-hybridized carbons (Fsp3) is 0.381. The molecule has 1 saturated heterocycles. The minimum Gasteiger partial charge on any atom is -0.458 e. The van der Waals surface area contributed by atoms with E-state index >= 15 is 0 Å². The van der Waals surface area contributed by atoms with E-state index in [1.165, 1.54) is 19.1 Å². The van der Waals surface area contributed by atoms with Crippen LogP contribution in [0.4, 0.5) is 4.39 Å². The quantitative estimate of drug-likeness (QED) is 0.461. The lowest BCUT2D eigenvalue weighted by molar-refractivity contribution is -0.157. The number of hydrogen-bond donors (Lipinski definition) is 0. The van der Waals surface area contributed by atoms with Crippen molar-refractivity contribution < 1.29 is 18.7 Å². The summed E-state index contributed by atoms with van der Waals surface area (Å²) in [4.78, 5) is 11.2. The van der Waals surface area contributed by atoms with E-state index in [0.717, 1.165) is 0 Å². The molecular formula is C21H26ClFO3. The molecule has 0 bridgehead atoms. The van der Waals surface area contributed by atoms with Crippen molar-refractivity contribution in [3.05, 3.63) is 71.6 Å². The maximum absolute atomic E-state index is 13.5. The molecule has 0 radical (unpaired) electrons. The van der Waals surface area contributed by atoms with Crippen molar-refractivity contribution in [1.82, 2.24) is 0 Å². The first-order valence-electron chi connectivity index (χ1n) is 8.41. The first-order valence-corrected chi connectivity index (χ1v) is 8.79. The molecule has 0 spiro atoms. The van der Waals surface area contributed by atoms with Crippen LogP contribution >= 0.6 is 11.6 Å². The summed E-state index contributed by atoms with van der Waals surface area (Å²) in [6, 6.07) is 4.48. The lowest BCUT2D eigenvalue weighted by atomic mass is 9.81. The average molecular weight is 381 g/mol. The number of esters is 1. The van der Waals surface area contributed by atoms with Gasteiger partial charge in [0.2, 0.25) is 0 Å². The highest BCUT2D eigenvalue weighted by Gasteiger charge is 2.37. The topological polar surface area (TPSA) is 35.5 Å². The zero-order chi connectivity index (χ0) is 19.6. The van der Waals surface area contributed by atoms with Gasteiger partial charge >= 0.3 is 5.97 Å². The van der Waals surface area contributed by atoms with Gasteiger partial charge in [0.25, 0.3) is 0 Å². The molecule has 1 aromatic carbocycles. The Labute approximate surface area is 160 Å². The van der Waals surface area contributed by atoms with Crippen LogP contribution < -0.4 is 0 Å². The summed E-state index contributed by atoms with van der Waals surface area (Å²) in [7, 11) is 0. The number of rotatable bonds is 6. The van der Waals surface area contributed by atoms with Gasteiger partial charge in [0, 0.05) is 12.3 Å². The Morgan fingerprint density at radius 1 is 1.42 bits per heavy atom. The van der Waals surface area contributed by atoms with E-state index in [0.29, 0.717) is 25.2 Å². The Hall–Kier alpha value is -1.91. The van der Waals surface area contributed by atoms with Crippen LogP contribution in [0, 0.1) is 11.2 Å². The zero-order valence-electron chi connectivity index (χ0n) is 15.5. The van der Waals surface area contributed by atoms with Crippen molar-refractivity contribution in [1.29, 1.82) is 0 Å². The van der Waals surface area contributed by atoms with Crippen molar-refractivity contribution in [3.8, 4) is 0 Å². The monoisotopic (exact) mass is 380 g/mol. The number of halogens is 2. The van der Waals surface area contributed by atoms with Crippen LogP contribution in [0.1, 0.15) is 38.9 Å². The summed E-state index contributed by atoms with van der Waals surface area (Å²) in [5.41, 5.74) is 0.584. The maximum Gasteiger partial charge on any atom is 0.303 e. The summed E-state index contributed by atoms with van der Waals surface area (Å²) in [6.45, 7) is 10.1. The molecule has 3 nitrogen and oxygen atoms in total. The predicted octanol–water partition coefficient (Wildman–Crippen LogP) is 5.81. The third-order valence-corrected chi connectivity index (χ3v) is 4.06. The predicted molar refractivity (Wildman–Crippen MR) is 104 cm³/mol. The standard InChI is InChI=1S/C14H16ClFO3.C7H10/c1-9(17)19-13(6-14(2)7-18-8-14)10-3-4-11(15)12(16)5-10;1-3-5-7-6-4-2/h3-5,13H,6-8H2,1-2H3;3-7H,1H2,2H3/b;6-4-,7-5-. The molecule has 142 valence electrons. The van der Waals surface area contributed by atoms with E-state index in [9.17, 15) is 9.18 Å². The second kappa shape index (κ2) is 10.9. The number of carbonyl (C=O) groups is 1. The lowest BCUT2D eigenvalue weighted by Gasteiger charge is -2.40. The van der Waals surface area contributed by atoms with Crippen LogP contribution in [-0.4, -0.2) is 19.2 Å². The highest BCUT2D eigenvalue weighted by atomic mass is 35.5. The molecule has 2 rings (SSSR count). The van der Waals surface area contributed by atoms with Crippen LogP contribution in [-0.2, 0) is 14.3 Å². The summed E-state index contributed by atoms with van der Waals surface area (Å²) in [5, 5.41) is 0.0588. The van der Waals surface area contributed by atoms with E-state index in [2.05, 4.69) is 13.5 Å². The molecule has 0 aliphatic carbocycles. The molecule has 5 heteroatoms. The van der Waals surface area contributed by atoms with Gasteiger partial charge in [-0.05, 0) is 31.0 Å². The number of allylic oxidation sites excluding steroid dienone is 5. The zero-order valence-corrected chi connectivity index (χ0v) is 16.3. The van der Waals surface area contributed by atoms with Gasteiger partial charge in [-0.3, -0.25) is 4.79 Å². The van der Waals surface area contributed by atoms with Crippen molar-refractivity contribution >= 4 is 17.6 Å². The molecule has 0 amide bonds. The molecule has 0 saturated carbocycles. The SMILES string of the molecule is C=C/C=C\C=C/C.CC(=O)OC(CC1(C)COC1)c1ccc(Cl)c(F)c1. The molecule has 26 heavy (non-hydrogen) atoms. The lowest BCUT2D eigenvalue weighted by Crippen LogP contribution is -2.41. The van der Waals surface area contributed by atoms with Gasteiger partial charge in [0.15, 0.2) is 0 Å². The summed E-state index contributed by atoms with van der Waals surface area (Å²) in [6.07, 6.45) is 9.64. The van der Waals surface area contributed by atoms with E-state index in [4.69, 9.17) is 21.1 Å². The number of benzene rings is 1. The fourth-order valence-electron chi connectivity index (χ4n) is 2.41. The molecule has 0 aromatic heterocycles.